The van der Waals surface area contributed by atoms with E-state index in [1.807, 2.05) is 42.5 Å². The number of nitrogens with one attached hydrogen (secondary N) is 2. The highest BCUT2D eigenvalue weighted by molar-refractivity contribution is 6.17. The minimum absolute atomic E-state index is 0.268. The smallest absolute Gasteiger partial charge is 0.253 e. The summed E-state index contributed by atoms with van der Waals surface area (Å²) < 4.78 is 15.8. The lowest BCUT2D eigenvalue weighted by atomic mass is 9.98. The molecule has 8 nitrogen and oxygen atoms in total. The molecule has 4 aromatic rings. The Labute approximate surface area is 197 Å². The molecule has 0 atom stereocenters. The molecule has 2 amide bonds. The second-order valence-corrected chi connectivity index (χ2v) is 8.01. The third-order valence-electron chi connectivity index (χ3n) is 5.71. The molecular weight excluding hydrogens is 434 g/mol. The lowest BCUT2D eigenvalue weighted by Crippen LogP contribution is -2.41. The maximum absolute atomic E-state index is 13.4. The fraction of sp³-hybridized carbons (Fsp3) is 0.231. The van der Waals surface area contributed by atoms with Crippen LogP contribution in [0.25, 0.3) is 32.9 Å². The van der Waals surface area contributed by atoms with E-state index >= 15 is 0 Å². The average Bonchev–Trinajstić information content (AvgIpc) is 3.21. The lowest BCUT2D eigenvalue weighted by Gasteiger charge is -2.18. The molecule has 34 heavy (non-hydrogen) atoms. The number of aromatic nitrogens is 1. The van der Waals surface area contributed by atoms with E-state index in [1.165, 1.54) is 0 Å². The first-order valence-electron chi connectivity index (χ1n) is 10.8. The zero-order valence-corrected chi connectivity index (χ0v) is 19.3. The number of benzene rings is 3. The van der Waals surface area contributed by atoms with E-state index in [-0.39, 0.29) is 11.9 Å². The molecule has 4 N–H and O–H groups in total. The number of primary amides is 1. The molecule has 0 bridgehead atoms. The summed E-state index contributed by atoms with van der Waals surface area (Å²) in [6.45, 7) is 0.625. The van der Waals surface area contributed by atoms with Gasteiger partial charge in [0.15, 0.2) is 0 Å². The van der Waals surface area contributed by atoms with Crippen molar-refractivity contribution in [1.29, 1.82) is 0 Å². The van der Waals surface area contributed by atoms with Crippen molar-refractivity contribution in [3.05, 3.63) is 65.7 Å². The van der Waals surface area contributed by atoms with Crippen LogP contribution in [0.5, 0.6) is 5.75 Å². The third kappa shape index (κ3) is 4.59. The van der Waals surface area contributed by atoms with Gasteiger partial charge in [0.2, 0.25) is 5.91 Å². The molecule has 0 fully saturated rings. The average molecular weight is 462 g/mol. The minimum Gasteiger partial charge on any atom is -0.497 e. The van der Waals surface area contributed by atoms with Crippen LogP contribution in [0.15, 0.2) is 54.6 Å². The molecule has 8 heteroatoms. The highest BCUT2D eigenvalue weighted by atomic mass is 16.5. The van der Waals surface area contributed by atoms with Crippen molar-refractivity contribution in [1.82, 2.24) is 10.3 Å². The Kier molecular flexibility index (Phi) is 6.81. The summed E-state index contributed by atoms with van der Waals surface area (Å²) in [7, 11) is 4.76. The van der Waals surface area contributed by atoms with E-state index in [2.05, 4.69) is 10.3 Å². The normalized spacial score (nSPS) is 11.3. The zero-order chi connectivity index (χ0) is 24.2. The number of nitrogens with two attached hydrogens (primary N) is 1. The molecule has 0 radical (unpaired) electrons. The highest BCUT2D eigenvalue weighted by Crippen LogP contribution is 2.34. The first kappa shape index (κ1) is 23.3. The van der Waals surface area contributed by atoms with Gasteiger partial charge in [-0.3, -0.25) is 9.59 Å². The molecule has 0 aliphatic heterocycles. The SMILES string of the molecule is COCC(COC)NC(=O)c1cc(-c2cccc(OC)c2)cc2c1[nH]c1cc(C(N)=O)ccc12. The number of hydrogen-bond donors (Lipinski definition) is 3. The van der Waals surface area contributed by atoms with Gasteiger partial charge in [-0.05, 0) is 47.5 Å². The van der Waals surface area contributed by atoms with Crippen molar-refractivity contribution in [3.63, 3.8) is 0 Å². The van der Waals surface area contributed by atoms with Crippen molar-refractivity contribution in [2.75, 3.05) is 34.5 Å². The Morgan fingerprint density at radius 1 is 0.941 bits per heavy atom. The number of ether oxygens (including phenoxy) is 3. The number of amides is 2. The van der Waals surface area contributed by atoms with E-state index in [1.54, 1.807) is 33.5 Å². The van der Waals surface area contributed by atoms with Crippen LogP contribution in [0.2, 0.25) is 0 Å². The first-order chi connectivity index (χ1) is 16.4. The molecule has 1 heterocycles. The van der Waals surface area contributed by atoms with Crippen molar-refractivity contribution >= 4 is 33.6 Å². The van der Waals surface area contributed by atoms with E-state index < -0.39 is 5.91 Å². The Balaban J connectivity index is 1.91. The third-order valence-corrected chi connectivity index (χ3v) is 5.71. The van der Waals surface area contributed by atoms with Crippen molar-refractivity contribution < 1.29 is 23.8 Å². The van der Waals surface area contributed by atoms with Gasteiger partial charge in [-0.1, -0.05) is 18.2 Å². The van der Waals surface area contributed by atoms with E-state index in [4.69, 9.17) is 19.9 Å². The van der Waals surface area contributed by atoms with Crippen LogP contribution in [0, 0.1) is 0 Å². The molecule has 4 rings (SSSR count). The summed E-state index contributed by atoms with van der Waals surface area (Å²) >= 11 is 0. The standard InChI is InChI=1S/C26H27N3O5/c1-32-13-18(14-33-2)28-26(31)22-11-17(15-5-4-6-19(9-15)34-3)10-21-20-8-7-16(25(27)30)12-23(20)29-24(21)22/h4-12,18,29H,13-14H2,1-3H3,(H2,27,30)(H,28,31). The Morgan fingerprint density at radius 3 is 2.38 bits per heavy atom. The maximum Gasteiger partial charge on any atom is 0.253 e. The number of H-pyrrole nitrogens is 1. The number of fused-ring (bicyclic) bond motifs is 3. The molecule has 0 saturated heterocycles. The molecule has 3 aromatic carbocycles. The van der Waals surface area contributed by atoms with Gasteiger partial charge in [-0.15, -0.1) is 0 Å². The molecule has 0 unspecified atom stereocenters. The molecule has 0 aliphatic rings. The van der Waals surface area contributed by atoms with Crippen LogP contribution in [0.1, 0.15) is 20.7 Å². The van der Waals surface area contributed by atoms with Gasteiger partial charge < -0.3 is 30.2 Å². The quantitative estimate of drug-likeness (QED) is 0.353. The summed E-state index contributed by atoms with van der Waals surface area (Å²) in [4.78, 5) is 28.4. The number of carbonyl (C=O) groups is 2. The van der Waals surface area contributed by atoms with Gasteiger partial charge in [-0.2, -0.15) is 0 Å². The van der Waals surface area contributed by atoms with Gasteiger partial charge in [-0.25, -0.2) is 0 Å². The molecule has 1 aromatic heterocycles. The van der Waals surface area contributed by atoms with Crippen molar-refractivity contribution in [3.8, 4) is 16.9 Å². The van der Waals surface area contributed by atoms with Crippen LogP contribution < -0.4 is 15.8 Å². The maximum atomic E-state index is 13.4. The first-order valence-corrected chi connectivity index (χ1v) is 10.8. The molecule has 0 spiro atoms. The molecule has 0 aliphatic carbocycles. The van der Waals surface area contributed by atoms with E-state index in [0.29, 0.717) is 41.1 Å². The van der Waals surface area contributed by atoms with Gasteiger partial charge in [0.05, 0.1) is 37.4 Å². The van der Waals surface area contributed by atoms with E-state index in [9.17, 15) is 9.59 Å². The van der Waals surface area contributed by atoms with Crippen LogP contribution in [-0.4, -0.2) is 57.4 Å². The number of carbonyl (C=O) groups excluding carboxylic acids is 2. The van der Waals surface area contributed by atoms with Crippen LogP contribution in [0.3, 0.4) is 0 Å². The fourth-order valence-corrected chi connectivity index (χ4v) is 4.10. The predicted octanol–water partition coefficient (Wildman–Crippen LogP) is 3.49. The van der Waals surface area contributed by atoms with Crippen LogP contribution >= 0.6 is 0 Å². The highest BCUT2D eigenvalue weighted by Gasteiger charge is 2.20. The number of hydrogen-bond acceptors (Lipinski definition) is 5. The summed E-state index contributed by atoms with van der Waals surface area (Å²) in [5, 5.41) is 4.73. The second-order valence-electron chi connectivity index (χ2n) is 8.01. The number of aromatic amines is 1. The monoisotopic (exact) mass is 461 g/mol. The Bertz CT molecular complexity index is 1360. The molecule has 0 saturated carbocycles. The van der Waals surface area contributed by atoms with Crippen molar-refractivity contribution in [2.45, 2.75) is 6.04 Å². The summed E-state index contributed by atoms with van der Waals surface area (Å²) in [6, 6.07) is 16.4. The Hall–Kier alpha value is -3.88. The number of methoxy groups -OCH3 is 3. The topological polar surface area (TPSA) is 116 Å². The van der Waals surface area contributed by atoms with Crippen molar-refractivity contribution in [2.24, 2.45) is 5.73 Å². The molecule has 176 valence electrons. The number of rotatable bonds is 9. The Morgan fingerprint density at radius 2 is 1.71 bits per heavy atom. The summed E-state index contributed by atoms with van der Waals surface area (Å²) in [6.07, 6.45) is 0. The predicted molar refractivity (Wildman–Crippen MR) is 131 cm³/mol. The molecular formula is C26H27N3O5. The largest absolute Gasteiger partial charge is 0.497 e. The van der Waals surface area contributed by atoms with Crippen LogP contribution in [-0.2, 0) is 9.47 Å². The van der Waals surface area contributed by atoms with Gasteiger partial charge in [0.25, 0.3) is 5.91 Å². The van der Waals surface area contributed by atoms with Gasteiger partial charge >= 0.3 is 0 Å². The van der Waals surface area contributed by atoms with Gasteiger partial charge in [0, 0.05) is 36.1 Å². The van der Waals surface area contributed by atoms with Gasteiger partial charge in [0.1, 0.15) is 5.75 Å². The van der Waals surface area contributed by atoms with Crippen LogP contribution in [0.4, 0.5) is 0 Å². The summed E-state index contributed by atoms with van der Waals surface area (Å²) in [5.74, 6) is -0.0676. The summed E-state index contributed by atoms with van der Waals surface area (Å²) in [5.41, 5.74) is 9.45. The zero-order valence-electron chi connectivity index (χ0n) is 19.3. The fourth-order valence-electron chi connectivity index (χ4n) is 4.10. The lowest BCUT2D eigenvalue weighted by molar-refractivity contribution is 0.0780. The minimum atomic E-state index is -0.516. The second kappa shape index (κ2) is 9.94. The van der Waals surface area contributed by atoms with E-state index in [0.717, 1.165) is 21.9 Å².